The Balaban J connectivity index is 4.15. The highest BCUT2D eigenvalue weighted by Gasteiger charge is 2.33. The number of hydrogen-bond acceptors (Lipinski definition) is 4. The van der Waals surface area contributed by atoms with Crippen LogP contribution in [0.25, 0.3) is 0 Å². The van der Waals surface area contributed by atoms with Gasteiger partial charge in [-0.05, 0) is 39.7 Å². The van der Waals surface area contributed by atoms with E-state index in [-0.39, 0.29) is 5.97 Å². The predicted molar refractivity (Wildman–Crippen MR) is 73.7 cm³/mol. The fourth-order valence-corrected chi connectivity index (χ4v) is 1.58. The van der Waals surface area contributed by atoms with Gasteiger partial charge in [0.2, 0.25) is 0 Å². The second-order valence-corrected chi connectivity index (χ2v) is 4.70. The molecular formula is C14H29NO3. The van der Waals surface area contributed by atoms with Gasteiger partial charge >= 0.3 is 5.97 Å². The minimum atomic E-state index is -0.627. The van der Waals surface area contributed by atoms with E-state index in [0.717, 1.165) is 32.4 Å². The third-order valence-electron chi connectivity index (χ3n) is 2.88. The summed E-state index contributed by atoms with van der Waals surface area (Å²) in [7, 11) is 0. The van der Waals surface area contributed by atoms with Crippen molar-refractivity contribution >= 4 is 5.97 Å². The van der Waals surface area contributed by atoms with Gasteiger partial charge in [0.1, 0.15) is 5.54 Å². The lowest BCUT2D eigenvalue weighted by molar-refractivity contribution is -0.151. The van der Waals surface area contributed by atoms with Gasteiger partial charge in [0, 0.05) is 13.2 Å². The summed E-state index contributed by atoms with van der Waals surface area (Å²) in [6.45, 7) is 10.5. The van der Waals surface area contributed by atoms with Crippen LogP contribution in [0.3, 0.4) is 0 Å². The van der Waals surface area contributed by atoms with E-state index in [2.05, 4.69) is 19.2 Å². The fourth-order valence-electron chi connectivity index (χ4n) is 1.58. The fraction of sp³-hybridized carbons (Fsp3) is 0.929. The average molecular weight is 259 g/mol. The van der Waals surface area contributed by atoms with E-state index in [1.807, 2.05) is 13.8 Å². The summed E-state index contributed by atoms with van der Waals surface area (Å²) in [5.74, 6) is -0.183. The van der Waals surface area contributed by atoms with E-state index in [4.69, 9.17) is 9.47 Å². The number of carbonyl (C=O) groups excluding carboxylic acids is 1. The lowest BCUT2D eigenvalue weighted by Crippen LogP contribution is -2.51. The second-order valence-electron chi connectivity index (χ2n) is 4.70. The molecule has 4 heteroatoms. The van der Waals surface area contributed by atoms with Crippen molar-refractivity contribution in [1.29, 1.82) is 0 Å². The van der Waals surface area contributed by atoms with Gasteiger partial charge in [-0.25, -0.2) is 0 Å². The number of esters is 1. The van der Waals surface area contributed by atoms with Crippen molar-refractivity contribution in [3.63, 3.8) is 0 Å². The maximum absolute atomic E-state index is 12.0. The number of unbranched alkanes of at least 4 members (excludes halogenated alkanes) is 1. The molecule has 0 aromatic rings. The highest BCUT2D eigenvalue weighted by atomic mass is 16.5. The Hall–Kier alpha value is -0.610. The molecule has 0 fully saturated rings. The molecule has 0 amide bonds. The van der Waals surface area contributed by atoms with Crippen molar-refractivity contribution in [3.05, 3.63) is 0 Å². The molecule has 0 aromatic heterocycles. The first-order chi connectivity index (χ1) is 8.60. The van der Waals surface area contributed by atoms with E-state index in [0.29, 0.717) is 19.6 Å². The van der Waals surface area contributed by atoms with Gasteiger partial charge in [-0.1, -0.05) is 20.3 Å². The van der Waals surface area contributed by atoms with Gasteiger partial charge in [-0.2, -0.15) is 0 Å². The van der Waals surface area contributed by atoms with Crippen molar-refractivity contribution in [1.82, 2.24) is 5.32 Å². The van der Waals surface area contributed by atoms with Gasteiger partial charge in [-0.3, -0.25) is 4.79 Å². The van der Waals surface area contributed by atoms with Crippen LogP contribution < -0.4 is 5.32 Å². The van der Waals surface area contributed by atoms with Gasteiger partial charge in [0.15, 0.2) is 0 Å². The van der Waals surface area contributed by atoms with Crippen LogP contribution in [0.2, 0.25) is 0 Å². The van der Waals surface area contributed by atoms with Gasteiger partial charge in [0.25, 0.3) is 0 Å². The highest BCUT2D eigenvalue weighted by molar-refractivity contribution is 5.80. The molecule has 1 N–H and O–H groups in total. The first kappa shape index (κ1) is 17.4. The zero-order valence-corrected chi connectivity index (χ0v) is 12.4. The van der Waals surface area contributed by atoms with Gasteiger partial charge in [0.05, 0.1) is 6.61 Å². The average Bonchev–Trinajstić information content (AvgIpc) is 2.36. The molecule has 1 atom stereocenters. The minimum absolute atomic E-state index is 0.183. The van der Waals surface area contributed by atoms with Crippen LogP contribution in [0, 0.1) is 0 Å². The van der Waals surface area contributed by atoms with Crippen LogP contribution in [0.15, 0.2) is 0 Å². The molecule has 4 nitrogen and oxygen atoms in total. The molecular weight excluding hydrogens is 230 g/mol. The quantitative estimate of drug-likeness (QED) is 0.457. The lowest BCUT2D eigenvalue weighted by Gasteiger charge is -2.28. The Morgan fingerprint density at radius 1 is 1.17 bits per heavy atom. The summed E-state index contributed by atoms with van der Waals surface area (Å²) in [5, 5.41) is 3.27. The third kappa shape index (κ3) is 6.97. The standard InChI is InChI=1S/C14H29NO3/c1-5-8-11-17-12-9-14(4,15-10-6-2)13(16)18-7-3/h15H,5-12H2,1-4H3. The number of ether oxygens (including phenoxy) is 2. The van der Waals surface area contributed by atoms with Gasteiger partial charge in [-0.15, -0.1) is 0 Å². The first-order valence-corrected chi connectivity index (χ1v) is 7.10. The zero-order chi connectivity index (χ0) is 13.9. The summed E-state index contributed by atoms with van der Waals surface area (Å²) < 4.78 is 10.7. The van der Waals surface area contributed by atoms with Crippen LogP contribution in [0.5, 0.6) is 0 Å². The van der Waals surface area contributed by atoms with E-state index in [1.54, 1.807) is 0 Å². The monoisotopic (exact) mass is 259 g/mol. The van der Waals surface area contributed by atoms with Gasteiger partial charge < -0.3 is 14.8 Å². The third-order valence-corrected chi connectivity index (χ3v) is 2.88. The van der Waals surface area contributed by atoms with E-state index < -0.39 is 5.54 Å². The lowest BCUT2D eigenvalue weighted by atomic mass is 9.98. The largest absolute Gasteiger partial charge is 0.465 e. The van der Waals surface area contributed by atoms with Crippen LogP contribution >= 0.6 is 0 Å². The summed E-state index contributed by atoms with van der Waals surface area (Å²) in [6, 6.07) is 0. The summed E-state index contributed by atoms with van der Waals surface area (Å²) in [5.41, 5.74) is -0.627. The summed E-state index contributed by atoms with van der Waals surface area (Å²) in [4.78, 5) is 12.0. The molecule has 0 saturated carbocycles. The topological polar surface area (TPSA) is 47.6 Å². The van der Waals surface area contributed by atoms with Crippen LogP contribution in [0.4, 0.5) is 0 Å². The van der Waals surface area contributed by atoms with Crippen LogP contribution in [0.1, 0.15) is 53.4 Å². The van der Waals surface area contributed by atoms with E-state index >= 15 is 0 Å². The van der Waals surface area contributed by atoms with E-state index in [1.165, 1.54) is 0 Å². The van der Waals surface area contributed by atoms with Crippen molar-refractivity contribution in [2.24, 2.45) is 0 Å². The molecule has 0 spiro atoms. The molecule has 0 aromatic carbocycles. The Bertz CT molecular complexity index is 221. The molecule has 0 radical (unpaired) electrons. The normalized spacial score (nSPS) is 14.2. The van der Waals surface area contributed by atoms with E-state index in [9.17, 15) is 4.79 Å². The maximum atomic E-state index is 12.0. The molecule has 0 rings (SSSR count). The predicted octanol–water partition coefficient (Wildman–Crippen LogP) is 2.51. The minimum Gasteiger partial charge on any atom is -0.465 e. The molecule has 0 bridgehead atoms. The number of hydrogen-bond donors (Lipinski definition) is 1. The smallest absolute Gasteiger partial charge is 0.326 e. The van der Waals surface area contributed by atoms with Crippen LogP contribution in [-0.2, 0) is 14.3 Å². The second kappa shape index (κ2) is 10.3. The van der Waals surface area contributed by atoms with Crippen molar-refractivity contribution in [3.8, 4) is 0 Å². The molecule has 0 heterocycles. The zero-order valence-electron chi connectivity index (χ0n) is 12.4. The Morgan fingerprint density at radius 3 is 2.44 bits per heavy atom. The number of rotatable bonds is 11. The molecule has 0 saturated heterocycles. The number of carbonyl (C=O) groups is 1. The molecule has 0 aliphatic rings. The first-order valence-electron chi connectivity index (χ1n) is 7.10. The van der Waals surface area contributed by atoms with Crippen molar-refractivity contribution in [2.75, 3.05) is 26.4 Å². The SMILES string of the molecule is CCCCOCCC(C)(NCCC)C(=O)OCC. The Morgan fingerprint density at radius 2 is 1.89 bits per heavy atom. The molecule has 0 aliphatic carbocycles. The molecule has 0 aliphatic heterocycles. The Kier molecular flexibility index (Phi) is 9.98. The maximum Gasteiger partial charge on any atom is 0.326 e. The molecule has 108 valence electrons. The summed E-state index contributed by atoms with van der Waals surface area (Å²) in [6.07, 6.45) is 3.84. The summed E-state index contributed by atoms with van der Waals surface area (Å²) >= 11 is 0. The highest BCUT2D eigenvalue weighted by Crippen LogP contribution is 2.13. The Labute approximate surface area is 111 Å². The van der Waals surface area contributed by atoms with Crippen molar-refractivity contribution < 1.29 is 14.3 Å². The van der Waals surface area contributed by atoms with Crippen molar-refractivity contribution in [2.45, 2.75) is 58.9 Å². The van der Waals surface area contributed by atoms with Crippen LogP contribution in [-0.4, -0.2) is 37.9 Å². The molecule has 18 heavy (non-hydrogen) atoms. The molecule has 1 unspecified atom stereocenters. The number of nitrogens with one attached hydrogen (secondary N) is 1.